The van der Waals surface area contributed by atoms with Gasteiger partial charge in [-0.15, -0.1) is 0 Å². The van der Waals surface area contributed by atoms with Crippen LogP contribution >= 0.6 is 23.2 Å². The highest BCUT2D eigenvalue weighted by Gasteiger charge is 2.18. The van der Waals surface area contributed by atoms with Crippen LogP contribution in [0.4, 0.5) is 5.69 Å². The van der Waals surface area contributed by atoms with Crippen molar-refractivity contribution in [1.82, 2.24) is 15.1 Å². The van der Waals surface area contributed by atoms with E-state index >= 15 is 0 Å². The predicted molar refractivity (Wildman–Crippen MR) is 83.4 cm³/mol. The summed E-state index contributed by atoms with van der Waals surface area (Å²) in [5.41, 5.74) is 0.268. The minimum absolute atomic E-state index is 0.0737. The predicted octanol–water partition coefficient (Wildman–Crippen LogP) is 2.21. The van der Waals surface area contributed by atoms with E-state index in [9.17, 15) is 8.42 Å². The summed E-state index contributed by atoms with van der Waals surface area (Å²) in [5.74, 6) is 0. The molecule has 0 unspecified atom stereocenters. The number of aromatic nitrogens is 2. The van der Waals surface area contributed by atoms with Gasteiger partial charge < -0.3 is 5.32 Å². The number of benzene rings is 1. The highest BCUT2D eigenvalue weighted by atomic mass is 35.5. The zero-order valence-electron chi connectivity index (χ0n) is 11.2. The lowest BCUT2D eigenvalue weighted by atomic mass is 10.3. The molecule has 0 amide bonds. The van der Waals surface area contributed by atoms with Crippen LogP contribution in [0.3, 0.4) is 0 Å². The Bertz CT molecular complexity index is 731. The Balaban J connectivity index is 2.19. The minimum Gasteiger partial charge on any atom is -0.318 e. The van der Waals surface area contributed by atoms with Crippen molar-refractivity contribution in [2.24, 2.45) is 0 Å². The molecular formula is C12H14Cl2N4O2S. The van der Waals surface area contributed by atoms with Crippen LogP contribution in [0.2, 0.25) is 10.0 Å². The van der Waals surface area contributed by atoms with Gasteiger partial charge >= 0.3 is 0 Å². The van der Waals surface area contributed by atoms with E-state index in [-0.39, 0.29) is 15.6 Å². The van der Waals surface area contributed by atoms with E-state index in [1.807, 2.05) is 7.05 Å². The maximum Gasteiger partial charge on any atom is 0.265 e. The van der Waals surface area contributed by atoms with Crippen LogP contribution in [0.15, 0.2) is 35.5 Å². The van der Waals surface area contributed by atoms with Gasteiger partial charge in [0.05, 0.1) is 23.5 Å². The van der Waals surface area contributed by atoms with Gasteiger partial charge in [-0.3, -0.25) is 9.40 Å². The molecule has 0 radical (unpaired) electrons. The van der Waals surface area contributed by atoms with E-state index in [1.54, 1.807) is 10.7 Å². The number of hydrogen-bond donors (Lipinski definition) is 2. The minimum atomic E-state index is -3.73. The van der Waals surface area contributed by atoms with E-state index in [0.29, 0.717) is 18.1 Å². The summed E-state index contributed by atoms with van der Waals surface area (Å²) in [6.07, 6.45) is 2.76. The second-order valence-electron chi connectivity index (χ2n) is 4.27. The number of hydrogen-bond acceptors (Lipinski definition) is 4. The van der Waals surface area contributed by atoms with Gasteiger partial charge in [0.1, 0.15) is 4.90 Å². The number of nitrogens with one attached hydrogen (secondary N) is 2. The quantitative estimate of drug-likeness (QED) is 0.838. The van der Waals surface area contributed by atoms with Gasteiger partial charge in [-0.2, -0.15) is 5.10 Å². The maximum atomic E-state index is 12.3. The fourth-order valence-electron chi connectivity index (χ4n) is 1.61. The van der Waals surface area contributed by atoms with Crippen molar-refractivity contribution < 1.29 is 8.42 Å². The van der Waals surface area contributed by atoms with Gasteiger partial charge in [-0.05, 0) is 25.2 Å². The molecule has 0 aliphatic carbocycles. The van der Waals surface area contributed by atoms with Crippen molar-refractivity contribution in [2.45, 2.75) is 11.4 Å². The van der Waals surface area contributed by atoms with Gasteiger partial charge in [-0.25, -0.2) is 8.42 Å². The van der Waals surface area contributed by atoms with Crippen LogP contribution in [0.1, 0.15) is 0 Å². The number of rotatable bonds is 6. The molecule has 21 heavy (non-hydrogen) atoms. The number of halogens is 2. The Morgan fingerprint density at radius 2 is 2.10 bits per heavy atom. The zero-order valence-corrected chi connectivity index (χ0v) is 13.5. The second kappa shape index (κ2) is 6.65. The van der Waals surface area contributed by atoms with Gasteiger partial charge in [0.15, 0.2) is 0 Å². The monoisotopic (exact) mass is 348 g/mol. The molecule has 1 heterocycles. The van der Waals surface area contributed by atoms with Crippen LogP contribution in [-0.2, 0) is 16.6 Å². The van der Waals surface area contributed by atoms with Crippen molar-refractivity contribution >= 4 is 38.9 Å². The van der Waals surface area contributed by atoms with Gasteiger partial charge in [-0.1, -0.05) is 23.2 Å². The average molecular weight is 349 g/mol. The third kappa shape index (κ3) is 4.10. The first-order valence-corrected chi connectivity index (χ1v) is 8.31. The van der Waals surface area contributed by atoms with Crippen LogP contribution in [0.25, 0.3) is 0 Å². The Hall–Kier alpha value is -1.28. The van der Waals surface area contributed by atoms with E-state index in [2.05, 4.69) is 15.1 Å². The Kier molecular flexibility index (Phi) is 5.10. The summed E-state index contributed by atoms with van der Waals surface area (Å²) in [7, 11) is -1.92. The summed E-state index contributed by atoms with van der Waals surface area (Å²) in [6.45, 7) is 1.27. The Labute approximate surface area is 133 Å². The third-order valence-electron chi connectivity index (χ3n) is 2.69. The normalized spacial score (nSPS) is 11.6. The van der Waals surface area contributed by atoms with Crippen LogP contribution in [-0.4, -0.2) is 31.8 Å². The molecule has 2 aromatic rings. The van der Waals surface area contributed by atoms with Crippen LogP contribution < -0.4 is 10.0 Å². The van der Waals surface area contributed by atoms with Gasteiger partial charge in [0.2, 0.25) is 0 Å². The molecule has 1 aromatic heterocycles. The van der Waals surface area contributed by atoms with E-state index in [4.69, 9.17) is 23.2 Å². The van der Waals surface area contributed by atoms with Gasteiger partial charge in [0, 0.05) is 17.8 Å². The lowest BCUT2D eigenvalue weighted by Gasteiger charge is -2.08. The largest absolute Gasteiger partial charge is 0.318 e. The summed E-state index contributed by atoms with van der Waals surface area (Å²) in [5, 5.41) is 7.63. The molecule has 2 N–H and O–H groups in total. The lowest BCUT2D eigenvalue weighted by molar-refractivity contribution is 0.582. The molecule has 0 fully saturated rings. The second-order valence-corrected chi connectivity index (χ2v) is 6.80. The first-order valence-electron chi connectivity index (χ1n) is 6.07. The molecule has 0 aliphatic rings. The fraction of sp³-hybridized carbons (Fsp3) is 0.250. The van der Waals surface area contributed by atoms with Crippen molar-refractivity contribution in [1.29, 1.82) is 0 Å². The summed E-state index contributed by atoms with van der Waals surface area (Å²) >= 11 is 11.7. The molecule has 2 rings (SSSR count). The molecule has 0 bridgehead atoms. The molecule has 1 aromatic carbocycles. The Morgan fingerprint density at radius 3 is 2.76 bits per heavy atom. The highest BCUT2D eigenvalue weighted by molar-refractivity contribution is 7.92. The Morgan fingerprint density at radius 1 is 1.33 bits per heavy atom. The van der Waals surface area contributed by atoms with E-state index in [0.717, 1.165) is 0 Å². The zero-order chi connectivity index (χ0) is 15.5. The van der Waals surface area contributed by atoms with Crippen LogP contribution in [0, 0.1) is 0 Å². The van der Waals surface area contributed by atoms with Crippen LogP contribution in [0.5, 0.6) is 0 Å². The summed E-state index contributed by atoms with van der Waals surface area (Å²) in [6, 6.07) is 4.53. The topological polar surface area (TPSA) is 76.0 Å². The van der Waals surface area contributed by atoms with Gasteiger partial charge in [0.25, 0.3) is 10.0 Å². The molecule has 114 valence electrons. The molecule has 0 saturated carbocycles. The molecule has 9 heteroatoms. The fourth-order valence-corrected chi connectivity index (χ4v) is 3.15. The number of anilines is 1. The lowest BCUT2D eigenvalue weighted by Crippen LogP contribution is -2.15. The van der Waals surface area contributed by atoms with E-state index < -0.39 is 10.0 Å². The third-order valence-corrected chi connectivity index (χ3v) is 4.55. The molecule has 6 nitrogen and oxygen atoms in total. The first kappa shape index (κ1) is 16.1. The summed E-state index contributed by atoms with van der Waals surface area (Å²) in [4.78, 5) is 0.0737. The number of likely N-dealkylation sites (N-methyl/N-ethyl adjacent to an activating group) is 1. The molecule has 0 saturated heterocycles. The molecule has 0 spiro atoms. The van der Waals surface area contributed by atoms with Crippen molar-refractivity contribution in [3.05, 3.63) is 40.6 Å². The maximum absolute atomic E-state index is 12.3. The van der Waals surface area contributed by atoms with E-state index in [1.165, 1.54) is 24.5 Å². The first-order chi connectivity index (χ1) is 9.92. The number of nitrogens with zero attached hydrogens (tertiary/aromatic N) is 2. The molecule has 0 aliphatic heterocycles. The van der Waals surface area contributed by atoms with Crippen molar-refractivity contribution in [3.8, 4) is 0 Å². The standard InChI is InChI=1S/C12H14Cl2N4O2S/c1-15-4-5-18-8-10(7-16-18)21(19,20)17-12-3-2-9(13)6-11(12)14/h2-3,6-8,15,17H,4-5H2,1H3. The molecular weight excluding hydrogens is 335 g/mol. The van der Waals surface area contributed by atoms with Crippen molar-refractivity contribution in [2.75, 3.05) is 18.3 Å². The summed E-state index contributed by atoms with van der Waals surface area (Å²) < 4.78 is 28.5. The average Bonchev–Trinajstić information content (AvgIpc) is 2.89. The smallest absolute Gasteiger partial charge is 0.265 e. The van der Waals surface area contributed by atoms with Crippen molar-refractivity contribution in [3.63, 3.8) is 0 Å². The highest BCUT2D eigenvalue weighted by Crippen LogP contribution is 2.27. The SMILES string of the molecule is CNCCn1cc(S(=O)(=O)Nc2ccc(Cl)cc2Cl)cn1. The molecule has 0 atom stereocenters. The number of sulfonamides is 1.